The van der Waals surface area contributed by atoms with E-state index in [9.17, 15) is 17.6 Å². The molecule has 0 radical (unpaired) electrons. The van der Waals surface area contributed by atoms with Gasteiger partial charge in [0.2, 0.25) is 0 Å². The number of benzene rings is 3. The highest BCUT2D eigenvalue weighted by Gasteiger charge is 2.21. The van der Waals surface area contributed by atoms with Crippen molar-refractivity contribution in [1.82, 2.24) is 0 Å². The van der Waals surface area contributed by atoms with Gasteiger partial charge in [-0.25, -0.2) is 17.6 Å². The molecule has 0 saturated heterocycles. The van der Waals surface area contributed by atoms with Crippen LogP contribution in [0.4, 0.5) is 14.9 Å². The SMILES string of the molecule is CC(C)(C)OC(=O)Nc1ccc2oc(-c3ccc(S(C)(=O)=O)cc3)c(-c3ccc(F)cc3)c2c1. The number of sulfone groups is 1. The van der Waals surface area contributed by atoms with Gasteiger partial charge in [-0.1, -0.05) is 12.1 Å². The summed E-state index contributed by atoms with van der Waals surface area (Å²) in [5.74, 6) is 0.124. The summed E-state index contributed by atoms with van der Waals surface area (Å²) in [5, 5.41) is 3.42. The van der Waals surface area contributed by atoms with Crippen molar-refractivity contribution in [3.63, 3.8) is 0 Å². The van der Waals surface area contributed by atoms with Crippen molar-refractivity contribution in [3.8, 4) is 22.5 Å². The first-order valence-electron chi connectivity index (χ1n) is 10.5. The second-order valence-corrected chi connectivity index (χ2v) is 11.0. The summed E-state index contributed by atoms with van der Waals surface area (Å²) in [6, 6.07) is 17.5. The van der Waals surface area contributed by atoms with Gasteiger partial charge in [-0.05, 0) is 80.9 Å². The van der Waals surface area contributed by atoms with E-state index in [1.54, 1.807) is 63.2 Å². The molecule has 0 aliphatic rings. The molecule has 0 unspecified atom stereocenters. The first-order chi connectivity index (χ1) is 15.9. The molecule has 0 fully saturated rings. The van der Waals surface area contributed by atoms with Crippen molar-refractivity contribution < 1.29 is 26.8 Å². The van der Waals surface area contributed by atoms with Crippen LogP contribution in [-0.4, -0.2) is 26.4 Å². The van der Waals surface area contributed by atoms with E-state index in [4.69, 9.17) is 9.15 Å². The minimum atomic E-state index is -3.35. The van der Waals surface area contributed by atoms with Gasteiger partial charge in [0.05, 0.1) is 4.90 Å². The monoisotopic (exact) mass is 481 g/mol. The first kappa shape index (κ1) is 23.5. The van der Waals surface area contributed by atoms with E-state index in [0.717, 1.165) is 6.26 Å². The van der Waals surface area contributed by atoms with Gasteiger partial charge in [-0.2, -0.15) is 0 Å². The Labute approximate surface area is 197 Å². The number of amides is 1. The lowest BCUT2D eigenvalue weighted by Crippen LogP contribution is -2.27. The number of ether oxygens (including phenoxy) is 1. The summed E-state index contributed by atoms with van der Waals surface area (Å²) in [5.41, 5.74) is 2.46. The third-order valence-corrected chi connectivity index (χ3v) is 6.14. The van der Waals surface area contributed by atoms with Crippen LogP contribution < -0.4 is 5.32 Å². The molecule has 4 rings (SSSR count). The summed E-state index contributed by atoms with van der Waals surface area (Å²) in [7, 11) is -3.35. The highest BCUT2D eigenvalue weighted by atomic mass is 32.2. The molecule has 0 spiro atoms. The van der Waals surface area contributed by atoms with E-state index < -0.39 is 21.5 Å². The van der Waals surface area contributed by atoms with Crippen molar-refractivity contribution >= 4 is 32.6 Å². The number of hydrogen-bond donors (Lipinski definition) is 1. The predicted octanol–water partition coefficient (Wildman–Crippen LogP) is 6.66. The van der Waals surface area contributed by atoms with E-state index >= 15 is 0 Å². The van der Waals surface area contributed by atoms with Crippen LogP contribution >= 0.6 is 0 Å². The van der Waals surface area contributed by atoms with Gasteiger partial charge < -0.3 is 9.15 Å². The fourth-order valence-electron chi connectivity index (χ4n) is 3.56. The summed E-state index contributed by atoms with van der Waals surface area (Å²) in [6.07, 6.45) is 0.557. The fourth-order valence-corrected chi connectivity index (χ4v) is 4.19. The third-order valence-electron chi connectivity index (χ3n) is 5.01. The quantitative estimate of drug-likeness (QED) is 0.352. The van der Waals surface area contributed by atoms with Crippen LogP contribution in [0.2, 0.25) is 0 Å². The van der Waals surface area contributed by atoms with Crippen molar-refractivity contribution in [3.05, 3.63) is 72.5 Å². The van der Waals surface area contributed by atoms with E-state index in [2.05, 4.69) is 5.32 Å². The van der Waals surface area contributed by atoms with Crippen LogP contribution in [0.5, 0.6) is 0 Å². The molecule has 176 valence electrons. The van der Waals surface area contributed by atoms with E-state index in [-0.39, 0.29) is 10.7 Å². The number of hydrogen-bond acceptors (Lipinski definition) is 5. The smallest absolute Gasteiger partial charge is 0.412 e. The molecule has 0 bridgehead atoms. The molecule has 4 aromatic rings. The number of halogens is 1. The normalized spacial score (nSPS) is 12.0. The lowest BCUT2D eigenvalue weighted by Gasteiger charge is -2.19. The molecule has 1 heterocycles. The van der Waals surface area contributed by atoms with Crippen LogP contribution in [0.3, 0.4) is 0 Å². The molecule has 0 saturated carbocycles. The zero-order valence-electron chi connectivity index (χ0n) is 19.2. The van der Waals surface area contributed by atoms with Gasteiger partial charge in [0.15, 0.2) is 9.84 Å². The topological polar surface area (TPSA) is 85.6 Å². The maximum absolute atomic E-state index is 13.6. The first-order valence-corrected chi connectivity index (χ1v) is 12.4. The Morgan fingerprint density at radius 3 is 2.15 bits per heavy atom. The molecule has 1 N–H and O–H groups in total. The van der Waals surface area contributed by atoms with Gasteiger partial charge in [0.25, 0.3) is 0 Å². The van der Waals surface area contributed by atoms with Gasteiger partial charge >= 0.3 is 6.09 Å². The number of carbonyl (C=O) groups excluding carboxylic acids is 1. The van der Waals surface area contributed by atoms with E-state index in [0.29, 0.717) is 39.1 Å². The second kappa shape index (κ2) is 8.61. The summed E-state index contributed by atoms with van der Waals surface area (Å²) in [4.78, 5) is 12.4. The molecule has 0 atom stereocenters. The molecule has 3 aromatic carbocycles. The maximum atomic E-state index is 13.6. The largest absolute Gasteiger partial charge is 0.455 e. The molecule has 34 heavy (non-hydrogen) atoms. The van der Waals surface area contributed by atoms with Crippen molar-refractivity contribution in [1.29, 1.82) is 0 Å². The number of carbonyl (C=O) groups is 1. The fraction of sp³-hybridized carbons (Fsp3) is 0.192. The highest BCUT2D eigenvalue weighted by Crippen LogP contribution is 2.42. The Kier molecular flexibility index (Phi) is 5.95. The lowest BCUT2D eigenvalue weighted by molar-refractivity contribution is 0.0636. The van der Waals surface area contributed by atoms with Gasteiger partial charge in [-0.15, -0.1) is 0 Å². The molecule has 8 heteroatoms. The molecule has 0 aliphatic heterocycles. The minimum absolute atomic E-state index is 0.194. The average molecular weight is 482 g/mol. The van der Waals surface area contributed by atoms with Gasteiger partial charge in [0.1, 0.15) is 22.8 Å². The average Bonchev–Trinajstić information content (AvgIpc) is 3.11. The molecule has 6 nitrogen and oxygen atoms in total. The summed E-state index contributed by atoms with van der Waals surface area (Å²) < 4.78 is 48.8. The van der Waals surface area contributed by atoms with Gasteiger partial charge in [-0.3, -0.25) is 5.32 Å². The zero-order chi connectivity index (χ0) is 24.7. The van der Waals surface area contributed by atoms with Crippen LogP contribution in [0.15, 0.2) is 76.0 Å². The van der Waals surface area contributed by atoms with Crippen LogP contribution in [-0.2, 0) is 14.6 Å². The van der Waals surface area contributed by atoms with Crippen molar-refractivity contribution in [2.45, 2.75) is 31.3 Å². The van der Waals surface area contributed by atoms with Gasteiger partial charge in [0, 0.05) is 28.5 Å². The lowest BCUT2D eigenvalue weighted by atomic mass is 9.98. The number of fused-ring (bicyclic) bond motifs is 1. The summed E-state index contributed by atoms with van der Waals surface area (Å²) >= 11 is 0. The van der Waals surface area contributed by atoms with Crippen molar-refractivity contribution in [2.75, 3.05) is 11.6 Å². The molecular formula is C26H24FNO5S. The minimum Gasteiger partial charge on any atom is -0.455 e. The number of nitrogens with one attached hydrogen (secondary N) is 1. The Balaban J connectivity index is 1.84. The predicted molar refractivity (Wildman–Crippen MR) is 130 cm³/mol. The third kappa shape index (κ3) is 5.12. The van der Waals surface area contributed by atoms with Crippen LogP contribution in [0, 0.1) is 5.82 Å². The Morgan fingerprint density at radius 1 is 0.941 bits per heavy atom. The summed E-state index contributed by atoms with van der Waals surface area (Å²) in [6.45, 7) is 5.33. The van der Waals surface area contributed by atoms with E-state index in [1.807, 2.05) is 0 Å². The molecule has 1 aromatic heterocycles. The number of furan rings is 1. The zero-order valence-corrected chi connectivity index (χ0v) is 20.0. The Morgan fingerprint density at radius 2 is 1.56 bits per heavy atom. The maximum Gasteiger partial charge on any atom is 0.412 e. The molecule has 1 amide bonds. The Bertz CT molecular complexity index is 1460. The highest BCUT2D eigenvalue weighted by molar-refractivity contribution is 7.90. The number of anilines is 1. The molecular weight excluding hydrogens is 457 g/mol. The van der Waals surface area contributed by atoms with Crippen LogP contribution in [0.25, 0.3) is 33.4 Å². The standard InChI is InChI=1S/C26H24FNO5S/c1-26(2,3)33-25(29)28-19-11-14-22-21(15-19)23(16-5-9-18(27)10-6-16)24(32-22)17-7-12-20(13-8-17)34(4,30)31/h5-15H,1-4H3,(H,28,29). The van der Waals surface area contributed by atoms with Crippen molar-refractivity contribution in [2.24, 2.45) is 0 Å². The Hall–Kier alpha value is -3.65. The second-order valence-electron chi connectivity index (χ2n) is 8.95. The van der Waals surface area contributed by atoms with Crippen LogP contribution in [0.1, 0.15) is 20.8 Å². The number of rotatable bonds is 4. The molecule has 0 aliphatic carbocycles. The van der Waals surface area contributed by atoms with E-state index in [1.165, 1.54) is 24.3 Å².